The van der Waals surface area contributed by atoms with Crippen molar-refractivity contribution < 1.29 is 19.4 Å². The summed E-state index contributed by atoms with van der Waals surface area (Å²) in [5.74, 6) is -1.18. The van der Waals surface area contributed by atoms with Crippen molar-refractivity contribution in [1.29, 1.82) is 0 Å². The maximum Gasteiger partial charge on any atom is 0.293 e. The molecule has 2 N–H and O–H groups in total. The maximum absolute atomic E-state index is 12.2. The van der Waals surface area contributed by atoms with Crippen LogP contribution in [0, 0.1) is 0 Å². The van der Waals surface area contributed by atoms with E-state index in [0.717, 1.165) is 0 Å². The van der Waals surface area contributed by atoms with E-state index < -0.39 is 17.7 Å². The molecule has 5 nitrogen and oxygen atoms in total. The van der Waals surface area contributed by atoms with E-state index >= 15 is 0 Å². The minimum atomic E-state index is -0.791. The molecule has 6 heteroatoms. The number of aliphatic hydroxyl groups excluding tert-OH is 1. The van der Waals surface area contributed by atoms with Gasteiger partial charge in [-0.2, -0.15) is 0 Å². The highest BCUT2D eigenvalue weighted by atomic mass is 35.5. The van der Waals surface area contributed by atoms with Gasteiger partial charge in [0.05, 0.1) is 18.7 Å². The molecule has 122 valence electrons. The number of aliphatic hydroxyl groups is 1. The molecule has 0 bridgehead atoms. The molecule has 2 aromatic rings. The Morgan fingerprint density at radius 1 is 1.12 bits per heavy atom. The van der Waals surface area contributed by atoms with Crippen LogP contribution in [0.3, 0.4) is 0 Å². The molecule has 0 spiro atoms. The van der Waals surface area contributed by atoms with Crippen molar-refractivity contribution in [2.45, 2.75) is 6.04 Å². The Balaban J connectivity index is 2.11. The first-order valence-corrected chi connectivity index (χ1v) is 7.58. The molecule has 0 radical (unpaired) electrons. The summed E-state index contributed by atoms with van der Waals surface area (Å²) in [6, 6.07) is 12.6. The number of methoxy groups -OCH3 is 1. The first-order valence-electron chi connectivity index (χ1n) is 7.20. The van der Waals surface area contributed by atoms with Crippen molar-refractivity contribution >= 4 is 29.1 Å². The minimum absolute atomic E-state index is 0.0155. The summed E-state index contributed by atoms with van der Waals surface area (Å²) < 4.78 is 5.07. The monoisotopic (exact) mass is 343 g/mol. The summed E-state index contributed by atoms with van der Waals surface area (Å²) in [6.07, 6.45) is 0. The summed E-state index contributed by atoms with van der Waals surface area (Å²) in [5.41, 5.74) is 0.944. The molecular formula is C18H14ClNO4. The van der Waals surface area contributed by atoms with Crippen LogP contribution in [0.15, 0.2) is 54.1 Å². The van der Waals surface area contributed by atoms with Crippen molar-refractivity contribution in [3.63, 3.8) is 0 Å². The highest BCUT2D eigenvalue weighted by Crippen LogP contribution is 2.36. The first kappa shape index (κ1) is 16.1. The van der Waals surface area contributed by atoms with Gasteiger partial charge in [-0.1, -0.05) is 29.8 Å². The van der Waals surface area contributed by atoms with Gasteiger partial charge in [-0.15, -0.1) is 0 Å². The number of Topliss-reactive ketones (excluding diaryl/α,β-unsaturated/α-hetero) is 1. The summed E-state index contributed by atoms with van der Waals surface area (Å²) in [7, 11) is 1.53. The van der Waals surface area contributed by atoms with Crippen molar-refractivity contribution in [3.05, 3.63) is 70.3 Å². The molecule has 1 amide bonds. The second-order valence-corrected chi connectivity index (χ2v) is 5.66. The van der Waals surface area contributed by atoms with Gasteiger partial charge in [0, 0.05) is 10.6 Å². The highest BCUT2D eigenvalue weighted by molar-refractivity contribution is 6.47. The number of halogens is 1. The first-order chi connectivity index (χ1) is 11.5. The average molecular weight is 344 g/mol. The third-order valence-electron chi connectivity index (χ3n) is 3.85. The fourth-order valence-corrected chi connectivity index (χ4v) is 2.86. The number of benzene rings is 2. The van der Waals surface area contributed by atoms with Gasteiger partial charge in [0.2, 0.25) is 0 Å². The minimum Gasteiger partial charge on any atom is -0.507 e. The molecule has 0 aromatic heterocycles. The van der Waals surface area contributed by atoms with Crippen LogP contribution in [-0.2, 0) is 9.59 Å². The molecule has 1 saturated heterocycles. The molecule has 1 unspecified atom stereocenters. The Labute approximate surface area is 143 Å². The largest absolute Gasteiger partial charge is 0.507 e. The van der Waals surface area contributed by atoms with Crippen molar-refractivity contribution in [2.75, 3.05) is 7.11 Å². The Morgan fingerprint density at radius 2 is 1.79 bits per heavy atom. The van der Waals surface area contributed by atoms with Crippen molar-refractivity contribution in [1.82, 2.24) is 5.32 Å². The smallest absolute Gasteiger partial charge is 0.293 e. The molecule has 1 aliphatic rings. The predicted octanol–water partition coefficient (Wildman–Crippen LogP) is 3.06. The lowest BCUT2D eigenvalue weighted by Gasteiger charge is -2.15. The lowest BCUT2D eigenvalue weighted by Crippen LogP contribution is -2.21. The third-order valence-corrected chi connectivity index (χ3v) is 4.19. The van der Waals surface area contributed by atoms with Gasteiger partial charge in [-0.25, -0.2) is 0 Å². The third kappa shape index (κ3) is 2.74. The molecular weight excluding hydrogens is 330 g/mol. The zero-order valence-electron chi connectivity index (χ0n) is 12.7. The van der Waals surface area contributed by atoms with Crippen LogP contribution in [0.1, 0.15) is 17.2 Å². The Hall–Kier alpha value is -2.79. The molecule has 3 rings (SSSR count). The second kappa shape index (κ2) is 6.37. The summed E-state index contributed by atoms with van der Waals surface area (Å²) in [4.78, 5) is 24.1. The normalized spacial score (nSPS) is 19.2. The number of carbonyl (C=O) groups excluding carboxylic acids is 2. The number of ketones is 1. The Kier molecular flexibility index (Phi) is 4.27. The van der Waals surface area contributed by atoms with Gasteiger partial charge < -0.3 is 15.2 Å². The van der Waals surface area contributed by atoms with Gasteiger partial charge in [0.1, 0.15) is 11.5 Å². The fourth-order valence-electron chi connectivity index (χ4n) is 2.61. The summed E-state index contributed by atoms with van der Waals surface area (Å²) >= 11 is 6.17. The van der Waals surface area contributed by atoms with Crippen LogP contribution in [-0.4, -0.2) is 23.9 Å². The van der Waals surface area contributed by atoms with E-state index in [1.807, 2.05) is 0 Å². The van der Waals surface area contributed by atoms with E-state index in [9.17, 15) is 14.7 Å². The number of rotatable bonds is 3. The lowest BCUT2D eigenvalue weighted by atomic mass is 9.96. The SMILES string of the molecule is COc1ccc(/C(O)=C2\C(=O)C(=O)NC2c2ccccc2Cl)cc1. The molecule has 24 heavy (non-hydrogen) atoms. The maximum atomic E-state index is 12.2. The van der Waals surface area contributed by atoms with Crippen molar-refractivity contribution in [3.8, 4) is 5.75 Å². The van der Waals surface area contributed by atoms with Crippen LogP contribution in [0.25, 0.3) is 5.76 Å². The quantitative estimate of drug-likeness (QED) is 0.510. The fraction of sp³-hybridized carbons (Fsp3) is 0.111. The zero-order valence-corrected chi connectivity index (χ0v) is 13.5. The number of amides is 1. The van der Waals surface area contributed by atoms with Crippen LogP contribution in [0.4, 0.5) is 0 Å². The van der Waals surface area contributed by atoms with E-state index in [-0.39, 0.29) is 11.3 Å². The lowest BCUT2D eigenvalue weighted by molar-refractivity contribution is -0.133. The summed E-state index contributed by atoms with van der Waals surface area (Å²) in [5, 5.41) is 13.5. The predicted molar refractivity (Wildman–Crippen MR) is 89.9 cm³/mol. The molecule has 1 aliphatic heterocycles. The van der Waals surface area contributed by atoms with Crippen LogP contribution in [0.2, 0.25) is 5.02 Å². The molecule has 0 aliphatic carbocycles. The molecule has 0 saturated carbocycles. The van der Waals surface area contributed by atoms with Crippen LogP contribution < -0.4 is 10.1 Å². The number of nitrogens with one attached hydrogen (secondary N) is 1. The molecule has 1 fully saturated rings. The average Bonchev–Trinajstić information content (AvgIpc) is 2.90. The zero-order chi connectivity index (χ0) is 17.3. The van der Waals surface area contributed by atoms with E-state index in [0.29, 0.717) is 21.9 Å². The van der Waals surface area contributed by atoms with Crippen molar-refractivity contribution in [2.24, 2.45) is 0 Å². The molecule has 2 aromatic carbocycles. The Bertz CT molecular complexity index is 842. The highest BCUT2D eigenvalue weighted by Gasteiger charge is 2.40. The van der Waals surface area contributed by atoms with Gasteiger partial charge >= 0.3 is 0 Å². The van der Waals surface area contributed by atoms with E-state index in [4.69, 9.17) is 16.3 Å². The molecule has 1 heterocycles. The Morgan fingerprint density at radius 3 is 2.42 bits per heavy atom. The van der Waals surface area contributed by atoms with E-state index in [2.05, 4.69) is 5.32 Å². The second-order valence-electron chi connectivity index (χ2n) is 5.25. The number of carbonyl (C=O) groups is 2. The van der Waals surface area contributed by atoms with Crippen LogP contribution >= 0.6 is 11.6 Å². The topological polar surface area (TPSA) is 75.6 Å². The summed E-state index contributed by atoms with van der Waals surface area (Å²) in [6.45, 7) is 0. The van der Waals surface area contributed by atoms with E-state index in [1.54, 1.807) is 48.5 Å². The van der Waals surface area contributed by atoms with Crippen LogP contribution in [0.5, 0.6) is 5.75 Å². The van der Waals surface area contributed by atoms with Gasteiger partial charge in [0.25, 0.3) is 11.7 Å². The molecule has 1 atom stereocenters. The van der Waals surface area contributed by atoms with Gasteiger partial charge in [0.15, 0.2) is 0 Å². The van der Waals surface area contributed by atoms with Gasteiger partial charge in [-0.3, -0.25) is 9.59 Å². The van der Waals surface area contributed by atoms with E-state index in [1.165, 1.54) is 7.11 Å². The number of hydrogen-bond acceptors (Lipinski definition) is 4. The number of hydrogen-bond donors (Lipinski definition) is 2. The standard InChI is InChI=1S/C18H14ClNO4/c1-24-11-8-6-10(7-9-11)16(21)14-15(20-18(23)17(14)22)12-4-2-3-5-13(12)19/h2-9,15,21H,1H3,(H,20,23)/b16-14+. The van der Waals surface area contributed by atoms with Gasteiger partial charge in [-0.05, 0) is 35.9 Å². The number of ether oxygens (including phenoxy) is 1.